The van der Waals surface area contributed by atoms with Crippen molar-refractivity contribution in [3.63, 3.8) is 0 Å². The van der Waals surface area contributed by atoms with Crippen LogP contribution in [0.5, 0.6) is 0 Å². The molecule has 4 rings (SSSR count). The van der Waals surface area contributed by atoms with Gasteiger partial charge in [-0.1, -0.05) is 47.1 Å². The lowest BCUT2D eigenvalue weighted by molar-refractivity contribution is 0.617. The molecule has 140 valence electrons. The molecule has 4 nitrogen and oxygen atoms in total. The predicted molar refractivity (Wildman–Crippen MR) is 111 cm³/mol. The van der Waals surface area contributed by atoms with Gasteiger partial charge in [-0.05, 0) is 42.5 Å². The summed E-state index contributed by atoms with van der Waals surface area (Å²) in [6.45, 7) is 0. The number of thioether (sulfide) groups is 1. The maximum Gasteiger partial charge on any atom is 0.196 e. The van der Waals surface area contributed by atoms with Gasteiger partial charge in [0.2, 0.25) is 0 Å². The summed E-state index contributed by atoms with van der Waals surface area (Å²) < 4.78 is 16.0. The van der Waals surface area contributed by atoms with Crippen LogP contribution >= 0.6 is 35.0 Å². The van der Waals surface area contributed by atoms with Gasteiger partial charge in [-0.2, -0.15) is 0 Å². The Morgan fingerprint density at radius 3 is 2.61 bits per heavy atom. The van der Waals surface area contributed by atoms with Crippen molar-refractivity contribution in [3.05, 3.63) is 88.4 Å². The van der Waals surface area contributed by atoms with E-state index in [1.165, 1.54) is 17.8 Å². The monoisotopic (exact) mass is 430 g/mol. The standard InChI is InChI=1S/C20H13Cl2FN4S/c21-14-5-1-6-15(10-14)27-19(13-4-3-9-24-11-13)25-26-20(27)28-12-16-17(22)7-2-8-18(16)23/h1-11H,12H2. The molecule has 0 spiro atoms. The molecule has 0 bridgehead atoms. The van der Waals surface area contributed by atoms with Crippen molar-refractivity contribution >= 4 is 35.0 Å². The van der Waals surface area contributed by atoms with E-state index in [2.05, 4.69) is 15.2 Å². The van der Waals surface area contributed by atoms with Crippen LogP contribution in [-0.4, -0.2) is 19.7 Å². The van der Waals surface area contributed by atoms with Crippen LogP contribution in [-0.2, 0) is 5.75 Å². The summed E-state index contributed by atoms with van der Waals surface area (Å²) in [5.41, 5.74) is 2.04. The minimum absolute atomic E-state index is 0.317. The van der Waals surface area contributed by atoms with E-state index in [1.54, 1.807) is 30.6 Å². The van der Waals surface area contributed by atoms with Crippen LogP contribution in [0.25, 0.3) is 17.1 Å². The number of halogens is 3. The van der Waals surface area contributed by atoms with Gasteiger partial charge in [0.25, 0.3) is 0 Å². The van der Waals surface area contributed by atoms with Crippen molar-refractivity contribution < 1.29 is 4.39 Å². The molecule has 0 aliphatic carbocycles. The first-order valence-electron chi connectivity index (χ1n) is 8.31. The van der Waals surface area contributed by atoms with Crippen LogP contribution in [0.3, 0.4) is 0 Å². The third-order valence-electron chi connectivity index (χ3n) is 4.03. The average Bonchev–Trinajstić information content (AvgIpc) is 3.12. The molecule has 2 aromatic heterocycles. The Morgan fingerprint density at radius 2 is 1.86 bits per heavy atom. The van der Waals surface area contributed by atoms with E-state index in [-0.39, 0.29) is 5.82 Å². The largest absolute Gasteiger partial charge is 0.270 e. The Bertz CT molecular complexity index is 1100. The maximum absolute atomic E-state index is 14.1. The second-order valence-electron chi connectivity index (χ2n) is 5.85. The third-order valence-corrected chi connectivity index (χ3v) is 5.57. The molecule has 8 heteroatoms. The fourth-order valence-electron chi connectivity index (χ4n) is 2.70. The van der Waals surface area contributed by atoms with Gasteiger partial charge in [0, 0.05) is 39.3 Å². The Kier molecular flexibility index (Phi) is 5.62. The Hall–Kier alpha value is -2.41. The molecular weight excluding hydrogens is 418 g/mol. The second kappa shape index (κ2) is 8.31. The van der Waals surface area contributed by atoms with Crippen molar-refractivity contribution in [3.8, 4) is 17.1 Å². The molecule has 0 amide bonds. The first-order valence-corrected chi connectivity index (χ1v) is 10.0. The van der Waals surface area contributed by atoms with E-state index in [1.807, 2.05) is 34.9 Å². The zero-order valence-electron chi connectivity index (χ0n) is 14.4. The third kappa shape index (κ3) is 3.90. The van der Waals surface area contributed by atoms with Crippen LogP contribution in [0.4, 0.5) is 4.39 Å². The minimum atomic E-state index is -0.346. The highest BCUT2D eigenvalue weighted by Gasteiger charge is 2.18. The highest BCUT2D eigenvalue weighted by molar-refractivity contribution is 7.98. The van der Waals surface area contributed by atoms with Crippen LogP contribution in [0, 0.1) is 5.82 Å². The van der Waals surface area contributed by atoms with Crippen LogP contribution < -0.4 is 0 Å². The quantitative estimate of drug-likeness (QED) is 0.360. The highest BCUT2D eigenvalue weighted by Crippen LogP contribution is 2.32. The first kappa shape index (κ1) is 18.9. The Balaban J connectivity index is 1.76. The molecule has 28 heavy (non-hydrogen) atoms. The number of hydrogen-bond acceptors (Lipinski definition) is 4. The molecule has 0 aliphatic rings. The molecule has 2 aromatic carbocycles. The van der Waals surface area contributed by atoms with E-state index in [0.29, 0.717) is 32.3 Å². The van der Waals surface area contributed by atoms with Crippen molar-refractivity contribution in [1.29, 1.82) is 0 Å². The molecular formula is C20H13Cl2FN4S. The van der Waals surface area contributed by atoms with Crippen molar-refractivity contribution in [2.24, 2.45) is 0 Å². The lowest BCUT2D eigenvalue weighted by Crippen LogP contribution is -2.00. The molecule has 0 fully saturated rings. The van der Waals surface area contributed by atoms with Gasteiger partial charge in [-0.15, -0.1) is 10.2 Å². The summed E-state index contributed by atoms with van der Waals surface area (Å²) in [6.07, 6.45) is 3.41. The fraction of sp³-hybridized carbons (Fsp3) is 0.0500. The van der Waals surface area contributed by atoms with E-state index in [9.17, 15) is 4.39 Å². The molecule has 0 radical (unpaired) electrons. The second-order valence-corrected chi connectivity index (χ2v) is 7.64. The van der Waals surface area contributed by atoms with Gasteiger partial charge < -0.3 is 0 Å². The van der Waals surface area contributed by atoms with E-state index in [0.717, 1.165) is 11.3 Å². The van der Waals surface area contributed by atoms with Crippen molar-refractivity contribution in [2.75, 3.05) is 0 Å². The smallest absolute Gasteiger partial charge is 0.196 e. The van der Waals surface area contributed by atoms with Crippen LogP contribution in [0.15, 0.2) is 72.1 Å². The lowest BCUT2D eigenvalue weighted by atomic mass is 10.2. The van der Waals surface area contributed by atoms with Gasteiger partial charge in [0.15, 0.2) is 11.0 Å². The van der Waals surface area contributed by atoms with Crippen molar-refractivity contribution in [2.45, 2.75) is 10.9 Å². The number of pyridine rings is 1. The van der Waals surface area contributed by atoms with E-state index < -0.39 is 0 Å². The van der Waals surface area contributed by atoms with Crippen LogP contribution in [0.2, 0.25) is 10.0 Å². The maximum atomic E-state index is 14.1. The first-order chi connectivity index (χ1) is 13.6. The van der Waals surface area contributed by atoms with Gasteiger partial charge in [-0.3, -0.25) is 9.55 Å². The van der Waals surface area contributed by atoms with E-state index in [4.69, 9.17) is 23.2 Å². The fourth-order valence-corrected chi connectivity index (χ4v) is 4.18. The molecule has 0 saturated heterocycles. The molecule has 0 atom stereocenters. The number of aromatic nitrogens is 4. The molecule has 0 unspecified atom stereocenters. The lowest BCUT2D eigenvalue weighted by Gasteiger charge is -2.11. The van der Waals surface area contributed by atoms with Crippen LogP contribution in [0.1, 0.15) is 5.56 Å². The Labute approximate surface area is 175 Å². The summed E-state index contributed by atoms with van der Waals surface area (Å²) in [6, 6.07) is 15.8. The number of rotatable bonds is 5. The van der Waals surface area contributed by atoms with Crippen molar-refractivity contribution in [1.82, 2.24) is 19.7 Å². The summed E-state index contributed by atoms with van der Waals surface area (Å²) in [4.78, 5) is 4.16. The topological polar surface area (TPSA) is 43.6 Å². The SMILES string of the molecule is Fc1cccc(Cl)c1CSc1nnc(-c2cccnc2)n1-c1cccc(Cl)c1. The van der Waals surface area contributed by atoms with Gasteiger partial charge in [-0.25, -0.2) is 4.39 Å². The number of nitrogens with zero attached hydrogens (tertiary/aromatic N) is 4. The molecule has 4 aromatic rings. The zero-order valence-corrected chi connectivity index (χ0v) is 16.7. The van der Waals surface area contributed by atoms with Gasteiger partial charge >= 0.3 is 0 Å². The molecule has 0 N–H and O–H groups in total. The number of hydrogen-bond donors (Lipinski definition) is 0. The summed E-state index contributed by atoms with van der Waals surface area (Å²) in [5, 5.41) is 10.2. The predicted octanol–water partition coefficient (Wildman–Crippen LogP) is 6.07. The Morgan fingerprint density at radius 1 is 1.00 bits per heavy atom. The van der Waals surface area contributed by atoms with Gasteiger partial charge in [0.05, 0.1) is 5.69 Å². The summed E-state index contributed by atoms with van der Waals surface area (Å²) in [7, 11) is 0. The number of benzene rings is 2. The molecule has 0 aliphatic heterocycles. The van der Waals surface area contributed by atoms with Gasteiger partial charge in [0.1, 0.15) is 5.82 Å². The molecule has 2 heterocycles. The van der Waals surface area contributed by atoms with E-state index >= 15 is 0 Å². The minimum Gasteiger partial charge on any atom is -0.270 e. The summed E-state index contributed by atoms with van der Waals surface area (Å²) in [5.74, 6) is 0.593. The highest BCUT2D eigenvalue weighted by atomic mass is 35.5. The molecule has 0 saturated carbocycles. The normalized spacial score (nSPS) is 11.0. The average molecular weight is 431 g/mol. The zero-order chi connectivity index (χ0) is 19.5. The summed E-state index contributed by atoms with van der Waals surface area (Å²) >= 11 is 13.7.